The first kappa shape index (κ1) is 23.1. The molecule has 1 aliphatic rings. The molecule has 0 spiro atoms. The molecule has 1 aromatic heterocycles. The summed E-state index contributed by atoms with van der Waals surface area (Å²) >= 11 is 6.92. The molecule has 5 nitrogen and oxygen atoms in total. The van der Waals surface area contributed by atoms with Crippen molar-refractivity contribution in [3.8, 4) is 0 Å². The first-order chi connectivity index (χ1) is 14.5. The maximum atomic E-state index is 11.8. The van der Waals surface area contributed by atoms with E-state index in [1.807, 2.05) is 0 Å². The molecule has 0 radical (unpaired) electrons. The zero-order valence-electron chi connectivity index (χ0n) is 18.1. The fourth-order valence-electron chi connectivity index (χ4n) is 4.12. The third-order valence-electron chi connectivity index (χ3n) is 5.71. The summed E-state index contributed by atoms with van der Waals surface area (Å²) < 4.78 is 8.35. The summed E-state index contributed by atoms with van der Waals surface area (Å²) in [5, 5.41) is 6.79. The van der Waals surface area contributed by atoms with E-state index in [0.717, 1.165) is 42.6 Å². The molecule has 0 aliphatic heterocycles. The summed E-state index contributed by atoms with van der Waals surface area (Å²) in [7, 11) is 0. The van der Waals surface area contributed by atoms with Crippen LogP contribution in [0.3, 0.4) is 0 Å². The Bertz CT molecular complexity index is 917. The molecule has 7 heteroatoms. The van der Waals surface area contributed by atoms with Crippen molar-refractivity contribution in [2.45, 2.75) is 77.2 Å². The second kappa shape index (κ2) is 11.2. The first-order valence-corrected chi connectivity index (χ1v) is 12.2. The zero-order valence-corrected chi connectivity index (χ0v) is 19.7. The molecule has 0 bridgehead atoms. The van der Waals surface area contributed by atoms with Gasteiger partial charge >= 0.3 is 0 Å². The molecule has 2 aromatic rings. The van der Waals surface area contributed by atoms with Crippen molar-refractivity contribution in [2.75, 3.05) is 6.54 Å². The molecule has 1 amide bonds. The minimum Gasteiger partial charge on any atom is -0.369 e. The molecular weight excluding hydrogens is 414 g/mol. The number of para-hydroxylation sites is 1. The number of aromatic nitrogens is 1. The van der Waals surface area contributed by atoms with Crippen molar-refractivity contribution >= 4 is 39.7 Å². The van der Waals surface area contributed by atoms with Crippen molar-refractivity contribution in [2.24, 2.45) is 0 Å². The standard InChI is InChI=1S/C23H33N3O2S2/c1-4-17(5-2)28-19-12-7-11-18(22(19)25-15(3)27)24-14-8-10-16-9-6-13-20-21(16)26-23(29)30-20/h6-7,9,12-13,17-19,22,24H,4-5,8,10-11,14H2,1-3H3,(H,25,27)(H,26,29)/t18-,19+,22+/m0/s1. The number of H-pyrrole nitrogens is 1. The molecule has 3 atom stereocenters. The van der Waals surface area contributed by atoms with Gasteiger partial charge in [0.1, 0.15) is 0 Å². The van der Waals surface area contributed by atoms with E-state index in [9.17, 15) is 4.79 Å². The number of hydrogen-bond acceptors (Lipinski definition) is 5. The minimum absolute atomic E-state index is 0.0142. The lowest BCUT2D eigenvalue weighted by molar-refractivity contribution is -0.121. The van der Waals surface area contributed by atoms with Gasteiger partial charge in [-0.25, -0.2) is 0 Å². The highest BCUT2D eigenvalue weighted by Gasteiger charge is 2.32. The summed E-state index contributed by atoms with van der Waals surface area (Å²) in [4.78, 5) is 15.2. The van der Waals surface area contributed by atoms with E-state index in [1.165, 1.54) is 15.8 Å². The predicted octanol–water partition coefficient (Wildman–Crippen LogP) is 4.89. The van der Waals surface area contributed by atoms with E-state index in [0.29, 0.717) is 0 Å². The number of hydrogen-bond donors (Lipinski definition) is 3. The van der Waals surface area contributed by atoms with E-state index in [4.69, 9.17) is 17.0 Å². The highest BCUT2D eigenvalue weighted by atomic mass is 32.1. The van der Waals surface area contributed by atoms with Crippen LogP contribution in [0.25, 0.3) is 10.2 Å². The second-order valence-electron chi connectivity index (χ2n) is 7.90. The fraction of sp³-hybridized carbons (Fsp3) is 0.565. The number of nitrogens with one attached hydrogen (secondary N) is 3. The molecule has 0 saturated carbocycles. The molecule has 0 unspecified atom stereocenters. The Hall–Kier alpha value is -1.54. The van der Waals surface area contributed by atoms with Crippen LogP contribution in [0.15, 0.2) is 30.4 Å². The van der Waals surface area contributed by atoms with Crippen molar-refractivity contribution in [3.05, 3.63) is 39.9 Å². The van der Waals surface area contributed by atoms with Crippen LogP contribution in [0.2, 0.25) is 0 Å². The molecule has 164 valence electrons. The van der Waals surface area contributed by atoms with Gasteiger partial charge in [0.15, 0.2) is 3.95 Å². The monoisotopic (exact) mass is 447 g/mol. The molecular formula is C23H33N3O2S2. The minimum atomic E-state index is -0.0929. The van der Waals surface area contributed by atoms with Crippen LogP contribution in [-0.4, -0.2) is 41.7 Å². The van der Waals surface area contributed by atoms with Crippen LogP contribution in [0.5, 0.6) is 0 Å². The Kier molecular flexibility index (Phi) is 8.62. The quantitative estimate of drug-likeness (QED) is 0.276. The lowest BCUT2D eigenvalue weighted by Gasteiger charge is -2.37. The van der Waals surface area contributed by atoms with Gasteiger partial charge in [-0.2, -0.15) is 0 Å². The Morgan fingerprint density at radius 2 is 2.17 bits per heavy atom. The molecule has 0 saturated heterocycles. The fourth-order valence-corrected chi connectivity index (χ4v) is 5.28. The number of thiazole rings is 1. The number of fused-ring (bicyclic) bond motifs is 1. The Morgan fingerprint density at radius 1 is 1.37 bits per heavy atom. The predicted molar refractivity (Wildman–Crippen MR) is 128 cm³/mol. The third-order valence-corrected chi connectivity index (χ3v) is 6.90. The molecule has 3 N–H and O–H groups in total. The van der Waals surface area contributed by atoms with Gasteiger partial charge in [-0.05, 0) is 62.5 Å². The zero-order chi connectivity index (χ0) is 21.5. The van der Waals surface area contributed by atoms with Gasteiger partial charge in [-0.15, -0.1) is 11.3 Å². The first-order valence-electron chi connectivity index (χ1n) is 10.9. The number of aromatic amines is 1. The van der Waals surface area contributed by atoms with Gasteiger partial charge in [-0.3, -0.25) is 4.79 Å². The smallest absolute Gasteiger partial charge is 0.217 e. The molecule has 1 aliphatic carbocycles. The lowest BCUT2D eigenvalue weighted by Crippen LogP contribution is -2.57. The number of rotatable bonds is 10. The van der Waals surface area contributed by atoms with Crippen molar-refractivity contribution < 1.29 is 9.53 Å². The summed E-state index contributed by atoms with van der Waals surface area (Å²) in [6.45, 7) is 6.75. The Morgan fingerprint density at radius 3 is 2.90 bits per heavy atom. The number of carbonyl (C=O) groups excluding carboxylic acids is 1. The van der Waals surface area contributed by atoms with Gasteiger partial charge in [0, 0.05) is 13.0 Å². The summed E-state index contributed by atoms with van der Waals surface area (Å²) in [6.07, 6.45) is 9.24. The van der Waals surface area contributed by atoms with Gasteiger partial charge in [0.05, 0.1) is 28.5 Å². The van der Waals surface area contributed by atoms with E-state index < -0.39 is 0 Å². The van der Waals surface area contributed by atoms with Crippen LogP contribution in [-0.2, 0) is 16.0 Å². The maximum Gasteiger partial charge on any atom is 0.217 e. The van der Waals surface area contributed by atoms with Crippen molar-refractivity contribution in [3.63, 3.8) is 0 Å². The van der Waals surface area contributed by atoms with Crippen LogP contribution < -0.4 is 10.6 Å². The van der Waals surface area contributed by atoms with Crippen molar-refractivity contribution in [1.82, 2.24) is 15.6 Å². The Labute approximate surface area is 188 Å². The molecule has 3 rings (SSSR count). The van der Waals surface area contributed by atoms with Gasteiger partial charge in [0.25, 0.3) is 0 Å². The number of ether oxygens (including phenoxy) is 1. The van der Waals surface area contributed by atoms with Gasteiger partial charge in [0.2, 0.25) is 5.91 Å². The average molecular weight is 448 g/mol. The number of carbonyl (C=O) groups is 1. The normalized spacial score (nSPS) is 21.4. The van der Waals surface area contributed by atoms with Gasteiger partial charge in [-0.1, -0.05) is 38.1 Å². The van der Waals surface area contributed by atoms with E-state index in [2.05, 4.69) is 59.8 Å². The highest BCUT2D eigenvalue weighted by Crippen LogP contribution is 2.24. The molecule has 1 heterocycles. The summed E-state index contributed by atoms with van der Waals surface area (Å²) in [5.74, 6) is -0.0142. The second-order valence-corrected chi connectivity index (χ2v) is 9.62. The van der Waals surface area contributed by atoms with Crippen molar-refractivity contribution in [1.29, 1.82) is 0 Å². The van der Waals surface area contributed by atoms with Gasteiger partial charge < -0.3 is 20.4 Å². The largest absolute Gasteiger partial charge is 0.369 e. The molecule has 0 fully saturated rings. The van der Waals surface area contributed by atoms with Crippen LogP contribution in [0.4, 0.5) is 0 Å². The van der Waals surface area contributed by atoms with E-state index >= 15 is 0 Å². The average Bonchev–Trinajstić information content (AvgIpc) is 3.11. The number of amides is 1. The summed E-state index contributed by atoms with van der Waals surface area (Å²) in [6, 6.07) is 6.50. The number of benzene rings is 1. The van der Waals surface area contributed by atoms with E-state index in [1.54, 1.807) is 18.3 Å². The lowest BCUT2D eigenvalue weighted by atomic mass is 9.92. The van der Waals surface area contributed by atoms with Crippen LogP contribution >= 0.6 is 23.6 Å². The maximum absolute atomic E-state index is 11.8. The van der Waals surface area contributed by atoms with Crippen LogP contribution in [0, 0.1) is 3.95 Å². The Balaban J connectivity index is 1.59. The highest BCUT2D eigenvalue weighted by molar-refractivity contribution is 7.73. The summed E-state index contributed by atoms with van der Waals surface area (Å²) in [5.41, 5.74) is 2.47. The SMILES string of the molecule is CCC(CC)O[C@@H]1C=CC[C@H](NCCCc2cccc3sc(=S)[nH]c23)[C@H]1NC(C)=O. The number of aryl methyl sites for hydroxylation is 1. The molecule has 30 heavy (non-hydrogen) atoms. The topological polar surface area (TPSA) is 66.2 Å². The van der Waals surface area contributed by atoms with Crippen LogP contribution in [0.1, 0.15) is 52.0 Å². The van der Waals surface area contributed by atoms with E-state index in [-0.39, 0.29) is 30.2 Å². The third kappa shape index (κ3) is 6.00. The molecule has 1 aromatic carbocycles.